The molecular weight excluding hydrogens is 372 g/mol. The number of fused-ring (bicyclic) bond motifs is 2. The second-order valence-electron chi connectivity index (χ2n) is 8.25. The molecular formula is C26H24N2O2. The fraction of sp³-hybridized carbons (Fsp3) is 0.269. The highest BCUT2D eigenvalue weighted by Gasteiger charge is 2.39. The van der Waals surface area contributed by atoms with Crippen LogP contribution in [-0.2, 0) is 4.79 Å². The quantitative estimate of drug-likeness (QED) is 0.622. The van der Waals surface area contributed by atoms with E-state index in [1.807, 2.05) is 65.6 Å². The zero-order valence-corrected chi connectivity index (χ0v) is 17.0. The normalized spacial score (nSPS) is 21.3. The van der Waals surface area contributed by atoms with Crippen molar-refractivity contribution in [2.45, 2.75) is 25.7 Å². The summed E-state index contributed by atoms with van der Waals surface area (Å²) >= 11 is 0. The number of amides is 1. The number of nitrogens with zero attached hydrogens (tertiary/aromatic N) is 2. The molecule has 1 aliphatic carbocycles. The van der Waals surface area contributed by atoms with Gasteiger partial charge in [0, 0.05) is 18.5 Å². The Kier molecular flexibility index (Phi) is 4.70. The van der Waals surface area contributed by atoms with Gasteiger partial charge in [0.05, 0.1) is 11.4 Å². The van der Waals surface area contributed by atoms with Crippen LogP contribution >= 0.6 is 0 Å². The predicted molar refractivity (Wildman–Crippen MR) is 118 cm³/mol. The number of ketones is 1. The maximum Gasteiger partial charge on any atom is 0.230 e. The zero-order valence-electron chi connectivity index (χ0n) is 17.0. The molecule has 150 valence electrons. The molecule has 1 amide bonds. The molecule has 0 radical (unpaired) electrons. The van der Waals surface area contributed by atoms with Gasteiger partial charge in [-0.25, -0.2) is 4.98 Å². The van der Waals surface area contributed by atoms with Crippen molar-refractivity contribution in [1.29, 1.82) is 0 Å². The Morgan fingerprint density at radius 1 is 1.00 bits per heavy atom. The predicted octanol–water partition coefficient (Wildman–Crippen LogP) is 4.86. The number of aromatic nitrogens is 1. The number of carbonyl (C=O) groups excluding carboxylic acids is 2. The SMILES string of the molecule is C[C@@H]1C(c2ccccc2)=CC(=O)c2nc3ccccc3cc2[C@@H]1C(=O)N1CCCC1. The lowest BCUT2D eigenvalue weighted by atomic mass is 9.80. The summed E-state index contributed by atoms with van der Waals surface area (Å²) in [6.45, 7) is 3.64. The third kappa shape index (κ3) is 3.13. The van der Waals surface area contributed by atoms with E-state index in [0.29, 0.717) is 5.69 Å². The maximum absolute atomic E-state index is 13.7. The number of hydrogen-bond donors (Lipinski definition) is 0. The first kappa shape index (κ1) is 18.7. The highest BCUT2D eigenvalue weighted by Crippen LogP contribution is 2.41. The summed E-state index contributed by atoms with van der Waals surface area (Å²) in [5.74, 6) is -0.574. The van der Waals surface area contributed by atoms with Crippen molar-refractivity contribution in [2.24, 2.45) is 5.92 Å². The number of likely N-dealkylation sites (tertiary alicyclic amines) is 1. The number of carbonyl (C=O) groups is 2. The van der Waals surface area contributed by atoms with E-state index < -0.39 is 5.92 Å². The first-order valence-corrected chi connectivity index (χ1v) is 10.6. The standard InChI is InChI=1S/C26H24N2O2/c1-17-20(18-9-3-2-4-10-18)16-23(29)25-21(15-19-11-5-6-12-22(19)27-25)24(17)26(30)28-13-7-8-14-28/h2-6,9-12,15-17,24H,7-8,13-14H2,1H3/t17-,24-/m1/s1. The molecule has 2 heterocycles. The minimum Gasteiger partial charge on any atom is -0.342 e. The van der Waals surface area contributed by atoms with E-state index in [1.54, 1.807) is 6.08 Å². The van der Waals surface area contributed by atoms with Crippen LogP contribution in [0.3, 0.4) is 0 Å². The van der Waals surface area contributed by atoms with Gasteiger partial charge in [0.1, 0.15) is 5.69 Å². The average molecular weight is 396 g/mol. The van der Waals surface area contributed by atoms with Crippen molar-refractivity contribution in [1.82, 2.24) is 9.88 Å². The van der Waals surface area contributed by atoms with E-state index in [0.717, 1.165) is 53.5 Å². The first-order chi connectivity index (χ1) is 14.6. The summed E-state index contributed by atoms with van der Waals surface area (Å²) in [5.41, 5.74) is 3.82. The van der Waals surface area contributed by atoms with Crippen molar-refractivity contribution < 1.29 is 9.59 Å². The van der Waals surface area contributed by atoms with Gasteiger partial charge < -0.3 is 4.90 Å². The Labute approximate surface area is 176 Å². The van der Waals surface area contributed by atoms with Gasteiger partial charge in [-0.15, -0.1) is 0 Å². The Bertz CT molecular complexity index is 1160. The van der Waals surface area contributed by atoms with Crippen LogP contribution in [0.5, 0.6) is 0 Å². The molecule has 5 rings (SSSR count). The second kappa shape index (κ2) is 7.52. The number of rotatable bonds is 2. The summed E-state index contributed by atoms with van der Waals surface area (Å²) in [4.78, 5) is 33.7. The lowest BCUT2D eigenvalue weighted by molar-refractivity contribution is -0.132. The van der Waals surface area contributed by atoms with Crippen LogP contribution in [0.4, 0.5) is 0 Å². The Morgan fingerprint density at radius 2 is 1.70 bits per heavy atom. The van der Waals surface area contributed by atoms with E-state index in [4.69, 9.17) is 4.98 Å². The molecule has 0 bridgehead atoms. The smallest absolute Gasteiger partial charge is 0.230 e. The van der Waals surface area contributed by atoms with Gasteiger partial charge in [-0.05, 0) is 53.7 Å². The lowest BCUT2D eigenvalue weighted by Gasteiger charge is -2.29. The zero-order chi connectivity index (χ0) is 20.7. The highest BCUT2D eigenvalue weighted by atomic mass is 16.2. The van der Waals surface area contributed by atoms with E-state index >= 15 is 0 Å². The molecule has 4 nitrogen and oxygen atoms in total. The molecule has 30 heavy (non-hydrogen) atoms. The summed E-state index contributed by atoms with van der Waals surface area (Å²) < 4.78 is 0. The molecule has 0 saturated carbocycles. The van der Waals surface area contributed by atoms with E-state index in [9.17, 15) is 9.59 Å². The van der Waals surface area contributed by atoms with E-state index in [2.05, 4.69) is 6.92 Å². The minimum atomic E-state index is -0.423. The first-order valence-electron chi connectivity index (χ1n) is 10.6. The van der Waals surface area contributed by atoms with Crippen molar-refractivity contribution in [3.63, 3.8) is 0 Å². The van der Waals surface area contributed by atoms with Gasteiger partial charge in [-0.3, -0.25) is 9.59 Å². The summed E-state index contributed by atoms with van der Waals surface area (Å²) in [5, 5.41) is 0.957. The molecule has 3 aromatic rings. The van der Waals surface area contributed by atoms with E-state index in [1.165, 1.54) is 0 Å². The number of benzene rings is 2. The highest BCUT2D eigenvalue weighted by molar-refractivity contribution is 6.12. The summed E-state index contributed by atoms with van der Waals surface area (Å²) in [6.07, 6.45) is 3.77. The minimum absolute atomic E-state index is 0.106. The van der Waals surface area contributed by atoms with Gasteiger partial charge in [0.2, 0.25) is 11.7 Å². The molecule has 1 fully saturated rings. The van der Waals surface area contributed by atoms with Crippen LogP contribution in [0.1, 0.15) is 47.3 Å². The molecule has 0 spiro atoms. The molecule has 1 aliphatic heterocycles. The molecule has 2 atom stereocenters. The molecule has 0 N–H and O–H groups in total. The van der Waals surface area contributed by atoms with Crippen LogP contribution in [0, 0.1) is 5.92 Å². The lowest BCUT2D eigenvalue weighted by Crippen LogP contribution is -2.36. The van der Waals surface area contributed by atoms with Crippen molar-refractivity contribution in [3.8, 4) is 0 Å². The summed E-state index contributed by atoms with van der Waals surface area (Å²) in [7, 11) is 0. The number of pyridine rings is 1. The topological polar surface area (TPSA) is 50.3 Å². The molecule has 4 heteroatoms. The average Bonchev–Trinajstić information content (AvgIpc) is 3.29. The van der Waals surface area contributed by atoms with Crippen LogP contribution in [0.2, 0.25) is 0 Å². The van der Waals surface area contributed by atoms with E-state index in [-0.39, 0.29) is 17.6 Å². The van der Waals surface area contributed by atoms with Gasteiger partial charge in [0.25, 0.3) is 0 Å². The number of hydrogen-bond acceptors (Lipinski definition) is 3. The Hall–Kier alpha value is -3.27. The fourth-order valence-corrected chi connectivity index (χ4v) is 4.81. The van der Waals surface area contributed by atoms with Crippen molar-refractivity contribution >= 4 is 28.2 Å². The second-order valence-corrected chi connectivity index (χ2v) is 8.25. The largest absolute Gasteiger partial charge is 0.342 e. The molecule has 2 aliphatic rings. The molecule has 1 aromatic heterocycles. The Balaban J connectivity index is 1.72. The molecule has 1 saturated heterocycles. The van der Waals surface area contributed by atoms with Crippen molar-refractivity contribution in [2.75, 3.05) is 13.1 Å². The third-order valence-electron chi connectivity index (χ3n) is 6.39. The maximum atomic E-state index is 13.7. The van der Waals surface area contributed by atoms with Gasteiger partial charge in [-0.2, -0.15) is 0 Å². The molecule has 0 unspecified atom stereocenters. The van der Waals surface area contributed by atoms with Crippen LogP contribution in [0.15, 0.2) is 66.7 Å². The monoisotopic (exact) mass is 396 g/mol. The van der Waals surface area contributed by atoms with Crippen LogP contribution < -0.4 is 0 Å². The molecule has 2 aromatic carbocycles. The van der Waals surface area contributed by atoms with Gasteiger partial charge >= 0.3 is 0 Å². The fourth-order valence-electron chi connectivity index (χ4n) is 4.81. The number of para-hydroxylation sites is 1. The van der Waals surface area contributed by atoms with Crippen LogP contribution in [0.25, 0.3) is 16.5 Å². The van der Waals surface area contributed by atoms with Gasteiger partial charge in [0.15, 0.2) is 0 Å². The third-order valence-corrected chi connectivity index (χ3v) is 6.39. The van der Waals surface area contributed by atoms with Crippen molar-refractivity contribution in [3.05, 3.63) is 83.6 Å². The van der Waals surface area contributed by atoms with Gasteiger partial charge in [-0.1, -0.05) is 55.5 Å². The number of allylic oxidation sites excluding steroid dienone is 2. The van der Waals surface area contributed by atoms with Crippen LogP contribution in [-0.4, -0.2) is 34.7 Å². The summed E-state index contributed by atoms with van der Waals surface area (Å²) in [6, 6.07) is 19.7. The Morgan fingerprint density at radius 3 is 2.47 bits per heavy atom.